The third-order valence-electron chi connectivity index (χ3n) is 10.8. The fourth-order valence-corrected chi connectivity index (χ4v) is 8.51. The lowest BCUT2D eigenvalue weighted by Gasteiger charge is -2.60. The van der Waals surface area contributed by atoms with Crippen molar-refractivity contribution in [3.8, 4) is 0 Å². The maximum atomic E-state index is 13.3. The molecule has 35 heavy (non-hydrogen) atoms. The third kappa shape index (κ3) is 3.23. The van der Waals surface area contributed by atoms with Crippen molar-refractivity contribution in [3.05, 3.63) is 23.8 Å². The third-order valence-corrected chi connectivity index (χ3v) is 10.8. The van der Waals surface area contributed by atoms with Gasteiger partial charge >= 0.3 is 0 Å². The molecule has 0 unspecified atom stereocenters. The van der Waals surface area contributed by atoms with Crippen LogP contribution in [0.15, 0.2) is 23.8 Å². The number of hydrogen-bond donors (Lipinski definition) is 2. The van der Waals surface area contributed by atoms with Crippen LogP contribution in [0, 0.1) is 40.4 Å². The minimum Gasteiger partial charge on any atom is -0.464 e. The van der Waals surface area contributed by atoms with Crippen molar-refractivity contribution in [3.63, 3.8) is 0 Å². The Morgan fingerprint density at radius 2 is 2.06 bits per heavy atom. The average Bonchev–Trinajstić information content (AvgIpc) is 3.56. The normalized spacial score (nSPS) is 47.9. The maximum absolute atomic E-state index is 13.3. The SMILES string of the molecule is CC(=O)[C@@H](C)C[C@H](OC=O)[C@@H](C)C1=C[C@H](O)[C@H]2[C@@H]3[C@@H]4O[C@@H]4[C@@]4(O)CC=CC(=O)[C@]4(C)[C@H]3CC[C@]12C. The van der Waals surface area contributed by atoms with E-state index in [2.05, 4.69) is 6.92 Å². The number of carbonyl (C=O) groups is 3. The molecule has 1 aliphatic heterocycles. The summed E-state index contributed by atoms with van der Waals surface area (Å²) >= 11 is 0. The second-order valence-corrected chi connectivity index (χ2v) is 12.2. The number of Topliss-reactive ketones (excluding diaryl/α,β-unsaturated/α-hetero) is 1. The van der Waals surface area contributed by atoms with Crippen LogP contribution in [0.4, 0.5) is 0 Å². The van der Waals surface area contributed by atoms with Gasteiger partial charge in [0.05, 0.1) is 17.6 Å². The van der Waals surface area contributed by atoms with Gasteiger partial charge < -0.3 is 19.7 Å². The Morgan fingerprint density at radius 1 is 1.34 bits per heavy atom. The molecule has 3 fully saturated rings. The van der Waals surface area contributed by atoms with Crippen LogP contribution in [0.2, 0.25) is 0 Å². The molecule has 4 aliphatic carbocycles. The van der Waals surface area contributed by atoms with E-state index in [0.29, 0.717) is 19.3 Å². The highest BCUT2D eigenvalue weighted by Crippen LogP contribution is 2.70. The van der Waals surface area contributed by atoms with Crippen molar-refractivity contribution in [2.45, 2.75) is 90.3 Å². The second kappa shape index (κ2) is 8.09. The van der Waals surface area contributed by atoms with Gasteiger partial charge in [-0.15, -0.1) is 0 Å². The zero-order chi connectivity index (χ0) is 25.5. The first-order valence-corrected chi connectivity index (χ1v) is 13.0. The number of carbonyl (C=O) groups excluding carboxylic acids is 3. The van der Waals surface area contributed by atoms with Gasteiger partial charge in [0.1, 0.15) is 23.6 Å². The van der Waals surface area contributed by atoms with Crippen LogP contribution in [-0.4, -0.2) is 58.3 Å². The van der Waals surface area contributed by atoms with Crippen molar-refractivity contribution >= 4 is 18.0 Å². The summed E-state index contributed by atoms with van der Waals surface area (Å²) < 4.78 is 11.6. The highest BCUT2D eigenvalue weighted by atomic mass is 16.6. The van der Waals surface area contributed by atoms with E-state index >= 15 is 0 Å². The van der Waals surface area contributed by atoms with Gasteiger partial charge in [0.2, 0.25) is 0 Å². The van der Waals surface area contributed by atoms with Gasteiger partial charge in [-0.2, -0.15) is 0 Å². The van der Waals surface area contributed by atoms with Gasteiger partial charge in [0.25, 0.3) is 6.47 Å². The highest BCUT2D eigenvalue weighted by molar-refractivity contribution is 5.97. The Kier molecular flexibility index (Phi) is 5.74. The molecule has 0 aromatic heterocycles. The van der Waals surface area contributed by atoms with Crippen molar-refractivity contribution in [1.82, 2.24) is 0 Å². The minimum absolute atomic E-state index is 0.0489. The number of fused-ring (bicyclic) bond motifs is 8. The van der Waals surface area contributed by atoms with E-state index in [1.807, 2.05) is 26.8 Å². The Morgan fingerprint density at radius 3 is 2.71 bits per heavy atom. The van der Waals surface area contributed by atoms with Crippen LogP contribution in [0.1, 0.15) is 60.3 Å². The minimum atomic E-state index is -1.21. The molecule has 0 bridgehead atoms. The van der Waals surface area contributed by atoms with Crippen molar-refractivity contribution < 1.29 is 34.1 Å². The lowest BCUT2D eigenvalue weighted by atomic mass is 9.43. The fraction of sp³-hybridized carbons (Fsp3) is 0.750. The molecule has 2 N–H and O–H groups in total. The van der Waals surface area contributed by atoms with Crippen molar-refractivity contribution in [1.29, 1.82) is 0 Å². The summed E-state index contributed by atoms with van der Waals surface area (Å²) in [6, 6.07) is 0. The van der Waals surface area contributed by atoms with E-state index in [9.17, 15) is 24.6 Å². The summed E-state index contributed by atoms with van der Waals surface area (Å²) in [5.41, 5.74) is -1.47. The molecular formula is C28H38O7. The number of ether oxygens (including phenoxy) is 2. The van der Waals surface area contributed by atoms with Gasteiger partial charge in [-0.25, -0.2) is 0 Å². The zero-order valence-electron chi connectivity index (χ0n) is 21.3. The molecule has 5 rings (SSSR count). The predicted octanol–water partition coefficient (Wildman–Crippen LogP) is 2.78. The molecule has 0 spiro atoms. The zero-order valence-corrected chi connectivity index (χ0v) is 21.3. The molecule has 192 valence electrons. The molecule has 1 heterocycles. The number of aliphatic hydroxyl groups is 2. The van der Waals surface area contributed by atoms with Gasteiger partial charge in [0, 0.05) is 17.8 Å². The van der Waals surface area contributed by atoms with Gasteiger partial charge in [-0.1, -0.05) is 38.5 Å². The molecule has 0 radical (unpaired) electrons. The molecular weight excluding hydrogens is 448 g/mol. The van der Waals surface area contributed by atoms with Gasteiger partial charge in [0.15, 0.2) is 5.78 Å². The highest BCUT2D eigenvalue weighted by Gasteiger charge is 2.77. The number of epoxide rings is 1. The summed E-state index contributed by atoms with van der Waals surface area (Å²) in [7, 11) is 0. The maximum Gasteiger partial charge on any atom is 0.293 e. The van der Waals surface area contributed by atoms with E-state index in [4.69, 9.17) is 9.47 Å². The van der Waals surface area contributed by atoms with Crippen LogP contribution >= 0.6 is 0 Å². The first-order valence-electron chi connectivity index (χ1n) is 13.0. The van der Waals surface area contributed by atoms with E-state index < -0.39 is 29.3 Å². The van der Waals surface area contributed by atoms with Crippen LogP contribution in [0.3, 0.4) is 0 Å². The summed E-state index contributed by atoms with van der Waals surface area (Å²) in [4.78, 5) is 36.5. The number of aliphatic hydroxyl groups excluding tert-OH is 1. The number of allylic oxidation sites excluding steroid dienone is 1. The molecule has 0 amide bonds. The molecule has 7 nitrogen and oxygen atoms in total. The Labute approximate surface area is 206 Å². The summed E-state index contributed by atoms with van der Waals surface area (Å²) in [6.45, 7) is 9.90. The van der Waals surface area contributed by atoms with E-state index in [0.717, 1.165) is 18.4 Å². The summed E-state index contributed by atoms with van der Waals surface area (Å²) in [6.07, 6.45) is 5.83. The average molecular weight is 487 g/mol. The lowest BCUT2D eigenvalue weighted by molar-refractivity contribution is -0.183. The Bertz CT molecular complexity index is 1000. The fourth-order valence-electron chi connectivity index (χ4n) is 8.51. The van der Waals surface area contributed by atoms with Crippen molar-refractivity contribution in [2.75, 3.05) is 0 Å². The monoisotopic (exact) mass is 486 g/mol. The molecule has 2 saturated carbocycles. The molecule has 0 aromatic rings. The predicted molar refractivity (Wildman–Crippen MR) is 127 cm³/mol. The van der Waals surface area contributed by atoms with Crippen LogP contribution in [0.25, 0.3) is 0 Å². The number of ketones is 2. The van der Waals surface area contributed by atoms with E-state index in [1.165, 1.54) is 0 Å². The largest absolute Gasteiger partial charge is 0.464 e. The molecule has 7 heteroatoms. The summed E-state index contributed by atoms with van der Waals surface area (Å²) in [5.74, 6) is -0.722. The molecule has 5 aliphatic rings. The summed E-state index contributed by atoms with van der Waals surface area (Å²) in [5, 5.41) is 23.1. The van der Waals surface area contributed by atoms with Crippen LogP contribution in [0.5, 0.6) is 0 Å². The van der Waals surface area contributed by atoms with Gasteiger partial charge in [-0.3, -0.25) is 14.4 Å². The smallest absolute Gasteiger partial charge is 0.293 e. The molecule has 1 saturated heterocycles. The van der Waals surface area contributed by atoms with Crippen LogP contribution < -0.4 is 0 Å². The molecule has 12 atom stereocenters. The standard InChI is InChI=1S/C28H38O7/c1-14(16(3)30)11-20(34-13-29)15(2)18-12-19(31)23-22-17(8-10-26(18,23)4)27(5)21(32)7-6-9-28(27,33)25-24(22)35-25/h6-7,12-15,17,19-20,22-25,31,33H,8-11H2,1-5H3/t14-,15-,17-,19-,20-,22+,23-,24-,25-,26+,27-,28-/m0/s1. The number of hydrogen-bond acceptors (Lipinski definition) is 7. The Balaban J connectivity index is 1.47. The Hall–Kier alpha value is -1.83. The first kappa shape index (κ1) is 24.8. The van der Waals surface area contributed by atoms with Gasteiger partial charge in [-0.05, 0) is 62.9 Å². The topological polar surface area (TPSA) is 113 Å². The second-order valence-electron chi connectivity index (χ2n) is 12.2. The lowest BCUT2D eigenvalue weighted by Crippen LogP contribution is -2.68. The van der Waals surface area contributed by atoms with E-state index in [-0.39, 0.29) is 52.7 Å². The van der Waals surface area contributed by atoms with Crippen molar-refractivity contribution in [2.24, 2.45) is 40.4 Å². The van der Waals surface area contributed by atoms with E-state index in [1.54, 1.807) is 19.1 Å². The molecule has 0 aromatic carbocycles. The number of rotatable bonds is 7. The van der Waals surface area contributed by atoms with Crippen LogP contribution in [-0.2, 0) is 23.9 Å². The first-order chi connectivity index (χ1) is 16.4. The quantitative estimate of drug-likeness (QED) is 0.323.